The summed E-state index contributed by atoms with van der Waals surface area (Å²) in [6.45, 7) is 4.69. The first-order valence-electron chi connectivity index (χ1n) is 7.08. The van der Waals surface area contributed by atoms with Crippen LogP contribution in [-0.2, 0) is 9.53 Å². The molecule has 96 valence electrons. The van der Waals surface area contributed by atoms with Crippen LogP contribution in [0.3, 0.4) is 0 Å². The Balaban J connectivity index is 1.97. The quantitative estimate of drug-likeness (QED) is 0.687. The van der Waals surface area contributed by atoms with E-state index in [9.17, 15) is 4.79 Å². The average molecular weight is 236 g/mol. The zero-order valence-electron chi connectivity index (χ0n) is 11.3. The normalized spacial score (nSPS) is 47.5. The lowest BCUT2D eigenvalue weighted by Gasteiger charge is -2.62. The molecule has 0 spiro atoms. The lowest BCUT2D eigenvalue weighted by Crippen LogP contribution is -2.56. The molecule has 0 saturated heterocycles. The van der Waals surface area contributed by atoms with Crippen molar-refractivity contribution < 1.29 is 9.53 Å². The summed E-state index contributed by atoms with van der Waals surface area (Å²) < 4.78 is 5.12. The Kier molecular flexibility index (Phi) is 2.37. The van der Waals surface area contributed by atoms with E-state index in [0.717, 1.165) is 31.1 Å². The molecule has 2 atom stereocenters. The van der Waals surface area contributed by atoms with Crippen LogP contribution in [0.5, 0.6) is 0 Å². The number of carbonyl (C=O) groups is 1. The number of hydrogen-bond acceptors (Lipinski definition) is 2. The predicted octanol–water partition coefficient (Wildman–Crippen LogP) is 3.40. The third kappa shape index (κ3) is 1.49. The lowest BCUT2D eigenvalue weighted by molar-refractivity contribution is -0.183. The SMILES string of the molecule is COC(=O)C12CC3CC(C1)CC(C(C)C)(C3)C2. The maximum Gasteiger partial charge on any atom is 0.311 e. The summed E-state index contributed by atoms with van der Waals surface area (Å²) in [5, 5.41) is 0. The molecule has 2 nitrogen and oxygen atoms in total. The van der Waals surface area contributed by atoms with E-state index >= 15 is 0 Å². The van der Waals surface area contributed by atoms with E-state index in [1.165, 1.54) is 19.3 Å². The monoisotopic (exact) mass is 236 g/mol. The van der Waals surface area contributed by atoms with Crippen molar-refractivity contribution >= 4 is 5.97 Å². The largest absolute Gasteiger partial charge is 0.469 e. The number of rotatable bonds is 2. The molecule has 17 heavy (non-hydrogen) atoms. The van der Waals surface area contributed by atoms with E-state index < -0.39 is 0 Å². The van der Waals surface area contributed by atoms with Crippen molar-refractivity contribution in [2.24, 2.45) is 28.6 Å². The van der Waals surface area contributed by atoms with Gasteiger partial charge in [0.1, 0.15) is 0 Å². The van der Waals surface area contributed by atoms with Gasteiger partial charge in [-0.25, -0.2) is 0 Å². The van der Waals surface area contributed by atoms with Crippen molar-refractivity contribution in [3.8, 4) is 0 Å². The van der Waals surface area contributed by atoms with E-state index in [4.69, 9.17) is 4.74 Å². The molecule has 4 saturated carbocycles. The molecule has 0 aliphatic heterocycles. The van der Waals surface area contributed by atoms with Gasteiger partial charge in [0.05, 0.1) is 12.5 Å². The highest BCUT2D eigenvalue weighted by molar-refractivity contribution is 5.77. The second-order valence-electron chi connectivity index (χ2n) is 7.25. The Morgan fingerprint density at radius 3 is 2.24 bits per heavy atom. The van der Waals surface area contributed by atoms with Crippen LogP contribution in [0.1, 0.15) is 52.4 Å². The Bertz CT molecular complexity index is 331. The van der Waals surface area contributed by atoms with Gasteiger partial charge in [0, 0.05) is 0 Å². The molecular formula is C15H24O2. The molecule has 4 aliphatic rings. The molecule has 0 aromatic carbocycles. The third-order valence-corrected chi connectivity index (χ3v) is 5.95. The van der Waals surface area contributed by atoms with Gasteiger partial charge in [-0.3, -0.25) is 4.79 Å². The summed E-state index contributed by atoms with van der Waals surface area (Å²) in [6.07, 6.45) is 7.39. The molecule has 0 radical (unpaired) electrons. The van der Waals surface area contributed by atoms with E-state index in [1.54, 1.807) is 7.11 Å². The highest BCUT2D eigenvalue weighted by Gasteiger charge is 2.61. The molecule has 2 heteroatoms. The molecule has 0 amide bonds. The molecule has 4 fully saturated rings. The van der Waals surface area contributed by atoms with E-state index in [1.807, 2.05) is 0 Å². The van der Waals surface area contributed by atoms with Crippen LogP contribution in [0.25, 0.3) is 0 Å². The van der Waals surface area contributed by atoms with Crippen molar-refractivity contribution in [1.29, 1.82) is 0 Å². The van der Waals surface area contributed by atoms with Crippen LogP contribution in [0.4, 0.5) is 0 Å². The molecule has 0 heterocycles. The first-order chi connectivity index (χ1) is 8.00. The zero-order valence-corrected chi connectivity index (χ0v) is 11.3. The molecule has 4 rings (SSSR count). The molecule has 4 bridgehead atoms. The Morgan fingerprint density at radius 2 is 1.76 bits per heavy atom. The summed E-state index contributed by atoms with van der Waals surface area (Å²) in [5.41, 5.74) is 0.335. The summed E-state index contributed by atoms with van der Waals surface area (Å²) in [4.78, 5) is 12.2. The van der Waals surface area contributed by atoms with Crippen molar-refractivity contribution in [3.05, 3.63) is 0 Å². The van der Waals surface area contributed by atoms with Gasteiger partial charge in [-0.1, -0.05) is 13.8 Å². The molecule has 2 unspecified atom stereocenters. The van der Waals surface area contributed by atoms with Crippen LogP contribution in [0.2, 0.25) is 0 Å². The van der Waals surface area contributed by atoms with Crippen LogP contribution in [-0.4, -0.2) is 13.1 Å². The van der Waals surface area contributed by atoms with Crippen molar-refractivity contribution in [2.75, 3.05) is 7.11 Å². The van der Waals surface area contributed by atoms with Gasteiger partial charge in [-0.15, -0.1) is 0 Å². The fourth-order valence-corrected chi connectivity index (χ4v) is 5.46. The molecule has 0 aromatic rings. The topological polar surface area (TPSA) is 26.3 Å². The van der Waals surface area contributed by atoms with E-state index in [2.05, 4.69) is 13.8 Å². The maximum absolute atomic E-state index is 12.2. The summed E-state index contributed by atoms with van der Waals surface area (Å²) in [7, 11) is 1.56. The van der Waals surface area contributed by atoms with Gasteiger partial charge < -0.3 is 4.74 Å². The molecule has 0 aromatic heterocycles. The van der Waals surface area contributed by atoms with E-state index in [-0.39, 0.29) is 11.4 Å². The smallest absolute Gasteiger partial charge is 0.311 e. The zero-order chi connectivity index (χ0) is 12.3. The first-order valence-corrected chi connectivity index (χ1v) is 7.08. The second kappa shape index (κ2) is 3.49. The summed E-state index contributed by atoms with van der Waals surface area (Å²) in [6, 6.07) is 0. The van der Waals surface area contributed by atoms with Gasteiger partial charge in [-0.2, -0.15) is 0 Å². The van der Waals surface area contributed by atoms with Crippen LogP contribution < -0.4 is 0 Å². The number of esters is 1. The summed E-state index contributed by atoms with van der Waals surface area (Å²) >= 11 is 0. The summed E-state index contributed by atoms with van der Waals surface area (Å²) in [5.74, 6) is 2.37. The van der Waals surface area contributed by atoms with Crippen LogP contribution in [0.15, 0.2) is 0 Å². The minimum Gasteiger partial charge on any atom is -0.469 e. The first kappa shape index (κ1) is 11.6. The average Bonchev–Trinajstić information content (AvgIpc) is 2.26. The number of carbonyl (C=O) groups excluding carboxylic acids is 1. The fraction of sp³-hybridized carbons (Fsp3) is 0.933. The Morgan fingerprint density at radius 1 is 1.18 bits per heavy atom. The minimum atomic E-state index is -0.108. The van der Waals surface area contributed by atoms with Gasteiger partial charge in [0.25, 0.3) is 0 Å². The van der Waals surface area contributed by atoms with Crippen LogP contribution >= 0.6 is 0 Å². The highest BCUT2D eigenvalue weighted by Crippen LogP contribution is 2.67. The van der Waals surface area contributed by atoms with Gasteiger partial charge in [0.2, 0.25) is 0 Å². The van der Waals surface area contributed by atoms with Crippen LogP contribution in [0, 0.1) is 28.6 Å². The van der Waals surface area contributed by atoms with Gasteiger partial charge >= 0.3 is 5.97 Å². The number of ether oxygens (including phenoxy) is 1. The molecular weight excluding hydrogens is 212 g/mol. The highest BCUT2D eigenvalue weighted by atomic mass is 16.5. The number of hydrogen-bond donors (Lipinski definition) is 0. The third-order valence-electron chi connectivity index (χ3n) is 5.95. The standard InChI is InChI=1S/C15H24O2/c1-10(2)14-5-11-4-12(6-14)8-15(7-11,9-14)13(16)17-3/h10-12H,4-9H2,1-3H3. The fourth-order valence-electron chi connectivity index (χ4n) is 5.46. The van der Waals surface area contributed by atoms with Gasteiger partial charge in [0.15, 0.2) is 0 Å². The van der Waals surface area contributed by atoms with Crippen molar-refractivity contribution in [2.45, 2.75) is 52.4 Å². The number of methoxy groups -OCH3 is 1. The van der Waals surface area contributed by atoms with Crippen molar-refractivity contribution in [3.63, 3.8) is 0 Å². The van der Waals surface area contributed by atoms with E-state index in [0.29, 0.717) is 11.3 Å². The predicted molar refractivity (Wildman–Crippen MR) is 66.4 cm³/mol. The van der Waals surface area contributed by atoms with Crippen molar-refractivity contribution in [1.82, 2.24) is 0 Å². The van der Waals surface area contributed by atoms with Gasteiger partial charge in [-0.05, 0) is 61.7 Å². The second-order valence-corrected chi connectivity index (χ2v) is 7.25. The lowest BCUT2D eigenvalue weighted by atomic mass is 9.42. The Hall–Kier alpha value is -0.530. The molecule has 0 N–H and O–H groups in total. The maximum atomic E-state index is 12.2. The Labute approximate surface area is 104 Å². The molecule has 4 aliphatic carbocycles. The minimum absolute atomic E-state index is 0.0802.